The van der Waals surface area contributed by atoms with Crippen molar-refractivity contribution in [2.45, 2.75) is 6.04 Å². The molecule has 6 heteroatoms. The van der Waals surface area contributed by atoms with Crippen molar-refractivity contribution in [2.24, 2.45) is 0 Å². The van der Waals surface area contributed by atoms with Gasteiger partial charge in [0, 0.05) is 18.4 Å². The predicted molar refractivity (Wildman–Crippen MR) is 66.0 cm³/mol. The van der Waals surface area contributed by atoms with Gasteiger partial charge in [0.15, 0.2) is 6.04 Å². The van der Waals surface area contributed by atoms with Crippen LogP contribution in [0.2, 0.25) is 0 Å². The van der Waals surface area contributed by atoms with Gasteiger partial charge in [0.05, 0.1) is 13.7 Å². The number of rotatable bonds is 5. The zero-order chi connectivity index (χ0) is 13.5. The smallest absolute Gasteiger partial charge is 0.330 e. The summed E-state index contributed by atoms with van der Waals surface area (Å²) >= 11 is 0. The van der Waals surface area contributed by atoms with E-state index in [1.54, 1.807) is 18.2 Å². The number of hydrogen-bond acceptors (Lipinski definition) is 5. The molecule has 0 saturated carbocycles. The molecule has 1 unspecified atom stereocenters. The number of amides is 1. The minimum absolute atomic E-state index is 0.0424. The second-order valence-corrected chi connectivity index (χ2v) is 3.63. The Morgan fingerprint density at radius 3 is 2.67 bits per heavy atom. The van der Waals surface area contributed by atoms with Gasteiger partial charge in [-0.1, -0.05) is 6.07 Å². The first-order chi connectivity index (χ1) is 8.58. The van der Waals surface area contributed by atoms with E-state index in [1.807, 2.05) is 0 Å². The molecule has 1 rings (SSSR count). The highest BCUT2D eigenvalue weighted by Gasteiger charge is 2.21. The molecule has 3 N–H and O–H groups in total. The van der Waals surface area contributed by atoms with Crippen LogP contribution in [0.4, 0.5) is 5.69 Å². The summed E-state index contributed by atoms with van der Waals surface area (Å²) in [5.74, 6) is -0.969. The third kappa shape index (κ3) is 3.74. The largest absolute Gasteiger partial charge is 0.467 e. The Balaban J connectivity index is 2.75. The van der Waals surface area contributed by atoms with Crippen LogP contribution in [0.1, 0.15) is 10.4 Å². The summed E-state index contributed by atoms with van der Waals surface area (Å²) in [6, 6.07) is 5.62. The Hall–Kier alpha value is -2.08. The van der Waals surface area contributed by atoms with E-state index in [4.69, 9.17) is 10.5 Å². The summed E-state index contributed by atoms with van der Waals surface area (Å²) in [5, 5.41) is 2.52. The molecule has 1 amide bonds. The van der Waals surface area contributed by atoms with Crippen LogP contribution in [0.5, 0.6) is 0 Å². The number of nitrogen functional groups attached to an aromatic ring is 1. The third-order valence-corrected chi connectivity index (χ3v) is 2.27. The standard InChI is InChI=1S/C12H16N2O4/c1-17-7-10(12(16)18-2)14-11(15)8-4-3-5-9(13)6-8/h3-6,10H,7,13H2,1-2H3,(H,14,15). The molecule has 0 radical (unpaired) electrons. The summed E-state index contributed by atoms with van der Waals surface area (Å²) in [5.41, 5.74) is 6.43. The third-order valence-electron chi connectivity index (χ3n) is 2.27. The Morgan fingerprint density at radius 1 is 1.39 bits per heavy atom. The molecular weight excluding hydrogens is 236 g/mol. The van der Waals surface area contributed by atoms with Gasteiger partial charge >= 0.3 is 5.97 Å². The van der Waals surface area contributed by atoms with Crippen molar-refractivity contribution >= 4 is 17.6 Å². The maximum absolute atomic E-state index is 11.9. The lowest BCUT2D eigenvalue weighted by Gasteiger charge is -2.15. The molecule has 0 heterocycles. The molecule has 0 aliphatic carbocycles. The van der Waals surface area contributed by atoms with Crippen LogP contribution >= 0.6 is 0 Å². The van der Waals surface area contributed by atoms with E-state index < -0.39 is 17.9 Å². The van der Waals surface area contributed by atoms with Crippen LogP contribution in [0.25, 0.3) is 0 Å². The normalized spacial score (nSPS) is 11.7. The lowest BCUT2D eigenvalue weighted by atomic mass is 10.2. The molecule has 1 atom stereocenters. The number of ether oxygens (including phenoxy) is 2. The lowest BCUT2D eigenvalue weighted by Crippen LogP contribution is -2.44. The van der Waals surface area contributed by atoms with Crippen LogP contribution < -0.4 is 11.1 Å². The Labute approximate surface area is 105 Å². The van der Waals surface area contributed by atoms with Gasteiger partial charge in [-0.05, 0) is 18.2 Å². The van der Waals surface area contributed by atoms with E-state index >= 15 is 0 Å². The van der Waals surface area contributed by atoms with Gasteiger partial charge in [0.2, 0.25) is 0 Å². The fourth-order valence-electron chi connectivity index (χ4n) is 1.40. The van der Waals surface area contributed by atoms with E-state index in [2.05, 4.69) is 10.1 Å². The monoisotopic (exact) mass is 252 g/mol. The summed E-state index contributed by atoms with van der Waals surface area (Å²) in [6.45, 7) is 0.0424. The van der Waals surface area contributed by atoms with Crippen LogP contribution in [0.3, 0.4) is 0 Å². The first-order valence-corrected chi connectivity index (χ1v) is 5.31. The number of esters is 1. The zero-order valence-electron chi connectivity index (χ0n) is 10.3. The predicted octanol–water partition coefficient (Wildman–Crippen LogP) is 0.187. The summed E-state index contributed by atoms with van der Waals surface area (Å²) in [7, 11) is 2.68. The molecule has 0 fully saturated rings. The highest BCUT2D eigenvalue weighted by Crippen LogP contribution is 2.06. The number of carbonyl (C=O) groups is 2. The fraction of sp³-hybridized carbons (Fsp3) is 0.333. The van der Waals surface area contributed by atoms with E-state index in [0.717, 1.165) is 0 Å². The quantitative estimate of drug-likeness (QED) is 0.576. The average Bonchev–Trinajstić information content (AvgIpc) is 2.37. The second kappa shape index (κ2) is 6.61. The number of benzene rings is 1. The Kier molecular flexibility index (Phi) is 5.13. The maximum atomic E-state index is 11.9. The molecule has 0 bridgehead atoms. The number of methoxy groups -OCH3 is 2. The molecule has 1 aromatic rings. The van der Waals surface area contributed by atoms with Crippen molar-refractivity contribution in [1.29, 1.82) is 0 Å². The summed E-state index contributed by atoms with van der Waals surface area (Å²) < 4.78 is 9.41. The first kappa shape index (κ1) is 14.0. The number of anilines is 1. The van der Waals surface area contributed by atoms with Crippen LogP contribution in [-0.4, -0.2) is 38.7 Å². The lowest BCUT2D eigenvalue weighted by molar-refractivity contribution is -0.144. The number of hydrogen-bond donors (Lipinski definition) is 2. The molecule has 0 aromatic heterocycles. The van der Waals surface area contributed by atoms with Crippen LogP contribution in [0, 0.1) is 0 Å². The van der Waals surface area contributed by atoms with Gasteiger partial charge in [0.1, 0.15) is 0 Å². The molecule has 6 nitrogen and oxygen atoms in total. The molecule has 0 saturated heterocycles. The van der Waals surface area contributed by atoms with Crippen molar-refractivity contribution < 1.29 is 19.1 Å². The highest BCUT2D eigenvalue weighted by molar-refractivity contribution is 5.97. The molecular formula is C12H16N2O4. The number of nitrogens with two attached hydrogens (primary N) is 1. The topological polar surface area (TPSA) is 90.6 Å². The van der Waals surface area contributed by atoms with E-state index in [9.17, 15) is 9.59 Å². The number of nitrogens with one attached hydrogen (secondary N) is 1. The zero-order valence-corrected chi connectivity index (χ0v) is 10.3. The molecule has 1 aromatic carbocycles. The minimum atomic E-state index is -0.839. The van der Waals surface area contributed by atoms with Crippen molar-refractivity contribution in [3.8, 4) is 0 Å². The molecule has 0 spiro atoms. The van der Waals surface area contributed by atoms with Gasteiger partial charge in [-0.25, -0.2) is 4.79 Å². The minimum Gasteiger partial charge on any atom is -0.467 e. The maximum Gasteiger partial charge on any atom is 0.330 e. The Bertz CT molecular complexity index is 434. The SMILES string of the molecule is COCC(NC(=O)c1cccc(N)c1)C(=O)OC. The summed E-state index contributed by atoms with van der Waals surface area (Å²) in [6.07, 6.45) is 0. The van der Waals surface area contributed by atoms with Crippen molar-refractivity contribution in [2.75, 3.05) is 26.6 Å². The first-order valence-electron chi connectivity index (χ1n) is 5.31. The average molecular weight is 252 g/mol. The van der Waals surface area contributed by atoms with E-state index in [-0.39, 0.29) is 6.61 Å². The molecule has 98 valence electrons. The molecule has 18 heavy (non-hydrogen) atoms. The van der Waals surface area contributed by atoms with Crippen molar-refractivity contribution in [1.82, 2.24) is 5.32 Å². The van der Waals surface area contributed by atoms with E-state index in [0.29, 0.717) is 11.3 Å². The fourth-order valence-corrected chi connectivity index (χ4v) is 1.40. The molecule has 0 aliphatic heterocycles. The van der Waals surface area contributed by atoms with Gasteiger partial charge in [-0.15, -0.1) is 0 Å². The van der Waals surface area contributed by atoms with Gasteiger partial charge in [0.25, 0.3) is 5.91 Å². The van der Waals surface area contributed by atoms with Crippen LogP contribution in [0.15, 0.2) is 24.3 Å². The Morgan fingerprint density at radius 2 is 2.11 bits per heavy atom. The van der Waals surface area contributed by atoms with Crippen molar-refractivity contribution in [3.05, 3.63) is 29.8 Å². The van der Waals surface area contributed by atoms with Crippen molar-refractivity contribution in [3.63, 3.8) is 0 Å². The van der Waals surface area contributed by atoms with Gasteiger partial charge < -0.3 is 20.5 Å². The van der Waals surface area contributed by atoms with Gasteiger partial charge in [-0.2, -0.15) is 0 Å². The second-order valence-electron chi connectivity index (χ2n) is 3.63. The van der Waals surface area contributed by atoms with E-state index in [1.165, 1.54) is 20.3 Å². The van der Waals surface area contributed by atoms with Gasteiger partial charge in [-0.3, -0.25) is 4.79 Å². The summed E-state index contributed by atoms with van der Waals surface area (Å²) in [4.78, 5) is 23.3. The number of carbonyl (C=O) groups excluding carboxylic acids is 2. The molecule has 0 aliphatic rings. The highest BCUT2D eigenvalue weighted by atomic mass is 16.5. The van der Waals surface area contributed by atoms with Crippen LogP contribution in [-0.2, 0) is 14.3 Å².